The molecule has 0 aliphatic heterocycles. The molecule has 0 aliphatic rings. The predicted octanol–water partition coefficient (Wildman–Crippen LogP) is 3.97. The van der Waals surface area contributed by atoms with Gasteiger partial charge in [0.25, 0.3) is 0 Å². The molecule has 37 heavy (non-hydrogen) atoms. The van der Waals surface area contributed by atoms with Gasteiger partial charge in [-0.25, -0.2) is 14.2 Å². The zero-order valence-electron chi connectivity index (χ0n) is 20.5. The van der Waals surface area contributed by atoms with E-state index in [-0.39, 0.29) is 24.1 Å². The molecule has 0 saturated heterocycles. The molecule has 11 heteroatoms. The molecule has 5 N–H and O–H groups in total. The van der Waals surface area contributed by atoms with Crippen LogP contribution >= 0.6 is 22.6 Å². The quantitative estimate of drug-likeness (QED) is 0.179. The Kier molecular flexibility index (Phi) is 8.05. The van der Waals surface area contributed by atoms with Gasteiger partial charge in [-0.1, -0.05) is 13.8 Å². The maximum atomic E-state index is 14.7. The molecule has 0 aliphatic carbocycles. The molecule has 0 fully saturated rings. The highest BCUT2D eigenvalue weighted by Gasteiger charge is 2.29. The van der Waals surface area contributed by atoms with E-state index in [1.807, 2.05) is 36.4 Å². The SMILES string of the molecule is Cc1[nH]c([C@H](C(C)C)n2c(O)c(-c3ccc(OC[C@H](O)CO)cc3)[nH]c2=O)nc1-c1ccc(I)cc1F. The minimum atomic E-state index is -0.991. The smallest absolute Gasteiger partial charge is 0.329 e. The first-order valence-electron chi connectivity index (χ1n) is 11.7. The van der Waals surface area contributed by atoms with Crippen molar-refractivity contribution in [1.29, 1.82) is 0 Å². The zero-order valence-corrected chi connectivity index (χ0v) is 22.7. The van der Waals surface area contributed by atoms with Crippen LogP contribution in [0.4, 0.5) is 4.39 Å². The summed E-state index contributed by atoms with van der Waals surface area (Å²) in [5, 5.41) is 29.5. The van der Waals surface area contributed by atoms with Crippen molar-refractivity contribution in [3.8, 4) is 34.1 Å². The summed E-state index contributed by atoms with van der Waals surface area (Å²) in [4.78, 5) is 23.6. The van der Waals surface area contributed by atoms with Crippen LogP contribution in [-0.4, -0.2) is 54.2 Å². The van der Waals surface area contributed by atoms with Crippen molar-refractivity contribution in [2.24, 2.45) is 5.92 Å². The second kappa shape index (κ2) is 11.1. The third-order valence-electron chi connectivity index (χ3n) is 5.98. The van der Waals surface area contributed by atoms with Crippen molar-refractivity contribution in [3.63, 3.8) is 0 Å². The van der Waals surface area contributed by atoms with Gasteiger partial charge in [-0.15, -0.1) is 0 Å². The maximum Gasteiger partial charge on any atom is 0.329 e. The Morgan fingerprint density at radius 3 is 2.49 bits per heavy atom. The van der Waals surface area contributed by atoms with Gasteiger partial charge in [0.05, 0.1) is 12.3 Å². The number of imidazole rings is 2. The number of halogens is 2. The highest BCUT2D eigenvalue weighted by atomic mass is 127. The predicted molar refractivity (Wildman–Crippen MR) is 145 cm³/mol. The number of ether oxygens (including phenoxy) is 1. The fourth-order valence-electron chi connectivity index (χ4n) is 4.17. The molecular weight excluding hydrogens is 594 g/mol. The first-order valence-corrected chi connectivity index (χ1v) is 12.8. The zero-order chi connectivity index (χ0) is 26.9. The van der Waals surface area contributed by atoms with E-state index in [1.54, 1.807) is 43.3 Å². The van der Waals surface area contributed by atoms with Crippen LogP contribution in [0.3, 0.4) is 0 Å². The van der Waals surface area contributed by atoms with E-state index in [4.69, 9.17) is 9.84 Å². The molecule has 0 amide bonds. The van der Waals surface area contributed by atoms with E-state index in [1.165, 1.54) is 10.6 Å². The molecule has 2 atom stereocenters. The first-order chi connectivity index (χ1) is 17.6. The van der Waals surface area contributed by atoms with Crippen LogP contribution in [0, 0.1) is 22.2 Å². The number of aliphatic hydroxyl groups is 2. The summed E-state index contributed by atoms with van der Waals surface area (Å²) in [6.45, 7) is 5.11. The lowest BCUT2D eigenvalue weighted by molar-refractivity contribution is 0.0536. The van der Waals surface area contributed by atoms with Crippen molar-refractivity contribution < 1.29 is 24.4 Å². The number of hydrogen-bond donors (Lipinski definition) is 5. The standard InChI is InChI=1S/C26H28FIN4O5/c1-13(2)23(24-29-14(3)21(30-24)19-9-6-16(28)10-20(19)27)32-25(35)22(31-26(32)36)15-4-7-18(8-5-15)37-12-17(34)11-33/h4-10,13,17,23,33-35H,11-12H2,1-3H3,(H,29,30)(H,31,36)/t17-,23+/m1/s1. The Labute approximate surface area is 226 Å². The molecule has 4 rings (SSSR count). The van der Waals surface area contributed by atoms with Crippen molar-refractivity contribution in [1.82, 2.24) is 19.5 Å². The number of nitrogens with zero attached hydrogens (tertiary/aromatic N) is 2. The number of rotatable bonds is 9. The monoisotopic (exact) mass is 622 g/mol. The van der Waals surface area contributed by atoms with Crippen LogP contribution in [0.2, 0.25) is 0 Å². The summed E-state index contributed by atoms with van der Waals surface area (Å²) in [6.07, 6.45) is -0.991. The molecule has 2 aromatic carbocycles. The van der Waals surface area contributed by atoms with Gasteiger partial charge < -0.3 is 30.0 Å². The third kappa shape index (κ3) is 5.58. The lowest BCUT2D eigenvalue weighted by Crippen LogP contribution is -2.27. The van der Waals surface area contributed by atoms with Crippen molar-refractivity contribution >= 4 is 22.6 Å². The molecule has 0 saturated carbocycles. The van der Waals surface area contributed by atoms with Gasteiger partial charge in [-0.3, -0.25) is 4.57 Å². The second-order valence-corrected chi connectivity index (χ2v) is 10.3. The minimum Gasteiger partial charge on any atom is -0.493 e. The number of nitrogens with one attached hydrogen (secondary N) is 2. The minimum absolute atomic E-state index is 0.0684. The highest BCUT2D eigenvalue weighted by Crippen LogP contribution is 2.35. The molecular formula is C26H28FIN4O5. The molecule has 0 radical (unpaired) electrons. The molecule has 2 aromatic heterocycles. The van der Waals surface area contributed by atoms with Crippen LogP contribution in [0.1, 0.15) is 31.4 Å². The topological polar surface area (TPSA) is 136 Å². The largest absolute Gasteiger partial charge is 0.493 e. The van der Waals surface area contributed by atoms with E-state index < -0.39 is 30.3 Å². The van der Waals surface area contributed by atoms with Crippen molar-refractivity contribution in [2.45, 2.75) is 32.9 Å². The number of benzene rings is 2. The Hall–Kier alpha value is -3.16. The van der Waals surface area contributed by atoms with Crippen molar-refractivity contribution in [2.75, 3.05) is 13.2 Å². The van der Waals surface area contributed by atoms with Gasteiger partial charge in [0.1, 0.15) is 41.8 Å². The van der Waals surface area contributed by atoms with Crippen LogP contribution in [0.15, 0.2) is 47.3 Å². The third-order valence-corrected chi connectivity index (χ3v) is 6.65. The van der Waals surface area contributed by atoms with Crippen LogP contribution in [-0.2, 0) is 0 Å². The molecule has 196 valence electrons. The van der Waals surface area contributed by atoms with Gasteiger partial charge in [-0.05, 0) is 77.9 Å². The summed E-state index contributed by atoms with van der Waals surface area (Å²) >= 11 is 2.04. The summed E-state index contributed by atoms with van der Waals surface area (Å²) in [5.41, 5.74) is 1.69. The molecule has 0 unspecified atom stereocenters. The van der Waals surface area contributed by atoms with E-state index in [9.17, 15) is 19.4 Å². The van der Waals surface area contributed by atoms with E-state index in [2.05, 4.69) is 15.0 Å². The Morgan fingerprint density at radius 2 is 1.86 bits per heavy atom. The fourth-order valence-corrected chi connectivity index (χ4v) is 4.62. The average Bonchev–Trinajstić information content (AvgIpc) is 3.37. The lowest BCUT2D eigenvalue weighted by Gasteiger charge is -2.20. The van der Waals surface area contributed by atoms with Gasteiger partial charge in [0, 0.05) is 20.4 Å². The van der Waals surface area contributed by atoms with Gasteiger partial charge in [0.2, 0.25) is 5.88 Å². The van der Waals surface area contributed by atoms with Gasteiger partial charge in [0.15, 0.2) is 0 Å². The molecule has 2 heterocycles. The van der Waals surface area contributed by atoms with E-state index in [0.717, 1.165) is 3.57 Å². The number of aryl methyl sites for hydroxylation is 1. The number of H-pyrrole nitrogens is 2. The number of aromatic amines is 2. The fraction of sp³-hybridized carbons (Fsp3) is 0.308. The lowest BCUT2D eigenvalue weighted by atomic mass is 10.0. The van der Waals surface area contributed by atoms with E-state index >= 15 is 0 Å². The molecule has 4 aromatic rings. The maximum absolute atomic E-state index is 14.7. The summed E-state index contributed by atoms with van der Waals surface area (Å²) < 4.78 is 22.1. The first kappa shape index (κ1) is 26.9. The van der Waals surface area contributed by atoms with Gasteiger partial charge in [-0.2, -0.15) is 0 Å². The number of aromatic nitrogens is 4. The number of aliphatic hydroxyl groups excluding tert-OH is 2. The van der Waals surface area contributed by atoms with Crippen LogP contribution < -0.4 is 10.4 Å². The Bertz CT molecular complexity index is 1440. The Morgan fingerprint density at radius 1 is 1.16 bits per heavy atom. The van der Waals surface area contributed by atoms with E-state index in [0.29, 0.717) is 34.1 Å². The summed E-state index contributed by atoms with van der Waals surface area (Å²) in [5.74, 6) is 0.0787. The summed E-state index contributed by atoms with van der Waals surface area (Å²) in [7, 11) is 0. The number of hydrogen-bond acceptors (Lipinski definition) is 6. The normalized spacial score (nSPS) is 13.2. The second-order valence-electron chi connectivity index (χ2n) is 9.08. The average molecular weight is 622 g/mol. The molecule has 9 nitrogen and oxygen atoms in total. The summed E-state index contributed by atoms with van der Waals surface area (Å²) in [6, 6.07) is 10.8. The number of aromatic hydroxyl groups is 1. The Balaban J connectivity index is 1.69. The van der Waals surface area contributed by atoms with Gasteiger partial charge >= 0.3 is 5.69 Å². The van der Waals surface area contributed by atoms with Crippen LogP contribution in [0.5, 0.6) is 11.6 Å². The molecule has 0 bridgehead atoms. The van der Waals surface area contributed by atoms with Crippen molar-refractivity contribution in [3.05, 3.63) is 73.9 Å². The highest BCUT2D eigenvalue weighted by molar-refractivity contribution is 14.1. The molecule has 0 spiro atoms. The van der Waals surface area contributed by atoms with Crippen LogP contribution in [0.25, 0.3) is 22.5 Å².